The number of nitrogens with one attached hydrogen (secondary N) is 1. The van der Waals surface area contributed by atoms with Gasteiger partial charge in [-0.2, -0.15) is 0 Å². The molecule has 0 heterocycles. The highest BCUT2D eigenvalue weighted by Gasteiger charge is 2.04. The molecular formula is C10H13BrClN3. The summed E-state index contributed by atoms with van der Waals surface area (Å²) in [6.45, 7) is 4.52. The van der Waals surface area contributed by atoms with Crippen molar-refractivity contribution in [3.8, 4) is 0 Å². The van der Waals surface area contributed by atoms with Crippen LogP contribution in [0.25, 0.3) is 0 Å². The highest BCUT2D eigenvalue weighted by Crippen LogP contribution is 2.28. The van der Waals surface area contributed by atoms with Crippen LogP contribution < -0.4 is 11.1 Å². The Bertz CT molecular complexity index is 390. The fraction of sp³-hybridized carbons (Fsp3) is 0.300. The van der Waals surface area contributed by atoms with E-state index < -0.39 is 0 Å². The zero-order valence-corrected chi connectivity index (χ0v) is 11.0. The van der Waals surface area contributed by atoms with Crippen molar-refractivity contribution in [1.82, 2.24) is 0 Å². The summed E-state index contributed by atoms with van der Waals surface area (Å²) >= 11 is 9.43. The monoisotopic (exact) mass is 289 g/mol. The molecule has 0 spiro atoms. The molecule has 0 aromatic heterocycles. The first kappa shape index (κ1) is 12.3. The first-order chi connectivity index (χ1) is 7.04. The molecule has 3 N–H and O–H groups in total. The molecule has 82 valence electrons. The van der Waals surface area contributed by atoms with E-state index in [-0.39, 0.29) is 0 Å². The maximum Gasteiger partial charge on any atom is 0.193 e. The van der Waals surface area contributed by atoms with Gasteiger partial charge in [0, 0.05) is 16.0 Å². The van der Waals surface area contributed by atoms with E-state index in [1.807, 2.05) is 26.0 Å². The quantitative estimate of drug-likeness (QED) is 0.649. The number of rotatable bonds is 2. The summed E-state index contributed by atoms with van der Waals surface area (Å²) < 4.78 is 0.915. The van der Waals surface area contributed by atoms with E-state index in [1.165, 1.54) is 0 Å². The van der Waals surface area contributed by atoms with Crippen LogP contribution in [0, 0.1) is 6.92 Å². The summed E-state index contributed by atoms with van der Waals surface area (Å²) in [5.41, 5.74) is 7.48. The molecule has 0 amide bonds. The largest absolute Gasteiger partial charge is 0.370 e. The predicted octanol–water partition coefficient (Wildman–Crippen LogP) is 3.16. The minimum Gasteiger partial charge on any atom is -0.370 e. The molecule has 3 nitrogen and oxygen atoms in total. The van der Waals surface area contributed by atoms with E-state index >= 15 is 0 Å². The third kappa shape index (κ3) is 3.39. The van der Waals surface area contributed by atoms with Crippen molar-refractivity contribution in [2.75, 3.05) is 11.9 Å². The molecule has 1 rings (SSSR count). The molecule has 0 atom stereocenters. The third-order valence-corrected chi connectivity index (χ3v) is 2.90. The molecule has 5 heteroatoms. The number of anilines is 1. The Balaban J connectivity index is 2.95. The molecule has 0 aliphatic heterocycles. The fourth-order valence-corrected chi connectivity index (χ4v) is 1.81. The van der Waals surface area contributed by atoms with Crippen molar-refractivity contribution in [2.45, 2.75) is 13.8 Å². The summed E-state index contributed by atoms with van der Waals surface area (Å²) in [4.78, 5) is 4.03. The number of hydrogen-bond donors (Lipinski definition) is 2. The number of aryl methyl sites for hydroxylation is 1. The van der Waals surface area contributed by atoms with Gasteiger partial charge in [-0.3, -0.25) is 4.99 Å². The van der Waals surface area contributed by atoms with Crippen molar-refractivity contribution in [2.24, 2.45) is 10.7 Å². The summed E-state index contributed by atoms with van der Waals surface area (Å²) in [6, 6.07) is 3.75. The smallest absolute Gasteiger partial charge is 0.193 e. The van der Waals surface area contributed by atoms with Crippen molar-refractivity contribution < 1.29 is 0 Å². The van der Waals surface area contributed by atoms with Crippen LogP contribution in [-0.4, -0.2) is 12.5 Å². The lowest BCUT2D eigenvalue weighted by atomic mass is 10.2. The minimum absolute atomic E-state index is 0.387. The van der Waals surface area contributed by atoms with Crippen molar-refractivity contribution >= 4 is 39.2 Å². The average molecular weight is 291 g/mol. The van der Waals surface area contributed by atoms with Gasteiger partial charge in [0.25, 0.3) is 0 Å². The second kappa shape index (κ2) is 5.37. The van der Waals surface area contributed by atoms with Crippen LogP contribution in [0.4, 0.5) is 5.69 Å². The number of hydrogen-bond acceptors (Lipinski definition) is 1. The van der Waals surface area contributed by atoms with Gasteiger partial charge in [0.05, 0.1) is 5.69 Å². The van der Waals surface area contributed by atoms with Crippen LogP contribution in [0.3, 0.4) is 0 Å². The lowest BCUT2D eigenvalue weighted by Gasteiger charge is -2.09. The van der Waals surface area contributed by atoms with E-state index in [0.29, 0.717) is 17.5 Å². The summed E-state index contributed by atoms with van der Waals surface area (Å²) in [7, 11) is 0. The zero-order chi connectivity index (χ0) is 11.4. The molecule has 0 unspecified atom stereocenters. The van der Waals surface area contributed by atoms with Crippen LogP contribution in [0.2, 0.25) is 5.02 Å². The molecule has 0 saturated heterocycles. The van der Waals surface area contributed by atoms with Gasteiger partial charge in [0.15, 0.2) is 5.96 Å². The predicted molar refractivity (Wildman–Crippen MR) is 69.7 cm³/mol. The van der Waals surface area contributed by atoms with E-state index in [1.54, 1.807) is 0 Å². The fourth-order valence-electron chi connectivity index (χ4n) is 1.09. The molecule has 0 radical (unpaired) electrons. The van der Waals surface area contributed by atoms with Gasteiger partial charge in [-0.05, 0) is 47.5 Å². The van der Waals surface area contributed by atoms with Gasteiger partial charge in [0.2, 0.25) is 0 Å². The van der Waals surface area contributed by atoms with E-state index in [2.05, 4.69) is 26.2 Å². The van der Waals surface area contributed by atoms with Crippen molar-refractivity contribution in [3.63, 3.8) is 0 Å². The van der Waals surface area contributed by atoms with Gasteiger partial charge in [-0.25, -0.2) is 0 Å². The number of halogens is 2. The van der Waals surface area contributed by atoms with Crippen LogP contribution in [0.15, 0.2) is 21.6 Å². The average Bonchev–Trinajstić information content (AvgIpc) is 2.14. The Labute approximate surface area is 103 Å². The molecule has 0 bridgehead atoms. The summed E-state index contributed by atoms with van der Waals surface area (Å²) in [6.07, 6.45) is 0. The highest BCUT2D eigenvalue weighted by molar-refractivity contribution is 9.10. The minimum atomic E-state index is 0.387. The van der Waals surface area contributed by atoms with Crippen molar-refractivity contribution in [1.29, 1.82) is 0 Å². The first-order valence-corrected chi connectivity index (χ1v) is 5.74. The lowest BCUT2D eigenvalue weighted by molar-refractivity contribution is 1.12. The Morgan fingerprint density at radius 2 is 2.27 bits per heavy atom. The molecule has 0 aliphatic carbocycles. The topological polar surface area (TPSA) is 50.4 Å². The molecule has 1 aromatic rings. The second-order valence-electron chi connectivity index (χ2n) is 3.07. The van der Waals surface area contributed by atoms with Crippen LogP contribution >= 0.6 is 27.5 Å². The van der Waals surface area contributed by atoms with Gasteiger partial charge in [-0.1, -0.05) is 11.6 Å². The summed E-state index contributed by atoms with van der Waals surface area (Å²) in [5, 5.41) is 3.67. The Hall–Kier alpha value is -0.740. The summed E-state index contributed by atoms with van der Waals surface area (Å²) in [5.74, 6) is 0.387. The van der Waals surface area contributed by atoms with E-state index in [9.17, 15) is 0 Å². The number of nitrogens with two attached hydrogens (primary N) is 1. The van der Waals surface area contributed by atoms with Gasteiger partial charge >= 0.3 is 0 Å². The second-order valence-corrected chi connectivity index (χ2v) is 4.33. The lowest BCUT2D eigenvalue weighted by Crippen LogP contribution is -2.22. The molecule has 0 saturated carbocycles. The van der Waals surface area contributed by atoms with Crippen LogP contribution in [0.1, 0.15) is 12.5 Å². The third-order valence-electron chi connectivity index (χ3n) is 1.84. The van der Waals surface area contributed by atoms with Gasteiger partial charge < -0.3 is 11.1 Å². The van der Waals surface area contributed by atoms with Gasteiger partial charge in [-0.15, -0.1) is 0 Å². The number of nitrogens with zero attached hydrogens (tertiary/aromatic N) is 1. The zero-order valence-electron chi connectivity index (χ0n) is 8.64. The van der Waals surface area contributed by atoms with Crippen molar-refractivity contribution in [3.05, 3.63) is 27.2 Å². The number of guanidine groups is 1. The SMILES string of the molecule is CCN=C(N)Nc1cc(Cl)c(C)cc1Br. The normalized spacial score (nSPS) is 11.6. The highest BCUT2D eigenvalue weighted by atomic mass is 79.9. The molecule has 15 heavy (non-hydrogen) atoms. The van der Waals surface area contributed by atoms with E-state index in [4.69, 9.17) is 17.3 Å². The van der Waals surface area contributed by atoms with Gasteiger partial charge in [0.1, 0.15) is 0 Å². The molecule has 1 aromatic carbocycles. The number of aliphatic imine (C=N–C) groups is 1. The maximum absolute atomic E-state index is 6.00. The molecule has 0 aliphatic rings. The van der Waals surface area contributed by atoms with Crippen LogP contribution in [0.5, 0.6) is 0 Å². The Kier molecular flexibility index (Phi) is 4.42. The number of benzene rings is 1. The molecular weight excluding hydrogens is 277 g/mol. The maximum atomic E-state index is 6.00. The Morgan fingerprint density at radius 3 is 2.87 bits per heavy atom. The first-order valence-electron chi connectivity index (χ1n) is 4.57. The standard InChI is InChI=1S/C10H13BrClN3/c1-3-14-10(13)15-9-5-8(12)6(2)4-7(9)11/h4-5H,3H2,1-2H3,(H3,13,14,15). The van der Waals surface area contributed by atoms with E-state index in [0.717, 1.165) is 15.7 Å². The van der Waals surface area contributed by atoms with Crippen LogP contribution in [-0.2, 0) is 0 Å². The molecule has 0 fully saturated rings. The Morgan fingerprint density at radius 1 is 1.60 bits per heavy atom.